The van der Waals surface area contributed by atoms with Gasteiger partial charge in [-0.2, -0.15) is 0 Å². The second-order valence-corrected chi connectivity index (χ2v) is 8.35. The molecule has 0 N–H and O–H groups in total. The molecular weight excluding hydrogens is 479 g/mol. The van der Waals surface area contributed by atoms with Gasteiger partial charge < -0.3 is 0 Å². The molecule has 0 spiro atoms. The van der Waals surface area contributed by atoms with Gasteiger partial charge in [-0.05, 0) is 0 Å². The predicted molar refractivity (Wildman–Crippen MR) is 104 cm³/mol. The zero-order valence-electron chi connectivity index (χ0n) is 11.9. The quantitative estimate of drug-likeness (QED) is 0.306. The summed E-state index contributed by atoms with van der Waals surface area (Å²) >= 11 is 7.39. The van der Waals surface area contributed by atoms with Crippen molar-refractivity contribution in [1.29, 1.82) is 0 Å². The van der Waals surface area contributed by atoms with Crippen LogP contribution in [-0.4, -0.2) is 14.5 Å². The van der Waals surface area contributed by atoms with Crippen LogP contribution in [0.25, 0.3) is 0 Å². The fourth-order valence-electron chi connectivity index (χ4n) is 1.85. The van der Waals surface area contributed by atoms with Crippen molar-refractivity contribution in [3.8, 4) is 23.7 Å². The standard InChI is InChI=1S/C20H10Br2Se/c21-19-17(13-11-15-7-3-1-4-8-15)23-18(20(19)22)14-12-16-9-5-2-6-10-16/h1-10H. The van der Waals surface area contributed by atoms with Gasteiger partial charge >= 0.3 is 160 Å². The van der Waals surface area contributed by atoms with Gasteiger partial charge in [-0.15, -0.1) is 0 Å². The Hall–Kier alpha value is -1.48. The fraction of sp³-hybridized carbons (Fsp3) is 0. The molecule has 110 valence electrons. The average Bonchev–Trinajstić information content (AvgIpc) is 2.88. The van der Waals surface area contributed by atoms with E-state index in [1.165, 1.54) is 0 Å². The van der Waals surface area contributed by atoms with Crippen molar-refractivity contribution in [2.75, 3.05) is 0 Å². The van der Waals surface area contributed by atoms with Crippen molar-refractivity contribution >= 4 is 46.4 Å². The summed E-state index contributed by atoms with van der Waals surface area (Å²) in [6, 6.07) is 20.0. The molecule has 0 nitrogen and oxygen atoms in total. The Morgan fingerprint density at radius 2 is 0.957 bits per heavy atom. The number of halogens is 2. The topological polar surface area (TPSA) is 0 Å². The van der Waals surface area contributed by atoms with E-state index in [1.54, 1.807) is 0 Å². The molecule has 0 aliphatic carbocycles. The molecule has 0 aliphatic heterocycles. The third kappa shape index (κ3) is 4.29. The average molecular weight is 489 g/mol. The van der Waals surface area contributed by atoms with Gasteiger partial charge in [0.05, 0.1) is 0 Å². The number of hydrogen-bond acceptors (Lipinski definition) is 0. The van der Waals surface area contributed by atoms with E-state index in [4.69, 9.17) is 0 Å². The van der Waals surface area contributed by atoms with Crippen LogP contribution in [0.5, 0.6) is 0 Å². The summed E-state index contributed by atoms with van der Waals surface area (Å²) in [5.41, 5.74) is 2.05. The molecule has 2 aromatic carbocycles. The van der Waals surface area contributed by atoms with Gasteiger partial charge in [0.2, 0.25) is 0 Å². The SMILES string of the molecule is Brc1c(C#Cc2ccccc2)[se]c(C#Cc2ccccc2)c1Br. The Kier molecular flexibility index (Phi) is 5.60. The minimum absolute atomic E-state index is 0.126. The Morgan fingerprint density at radius 1 is 0.565 bits per heavy atom. The van der Waals surface area contributed by atoms with Crippen LogP contribution in [0.3, 0.4) is 0 Å². The first kappa shape index (κ1) is 16.4. The van der Waals surface area contributed by atoms with Gasteiger partial charge in [-0.3, -0.25) is 0 Å². The normalized spacial score (nSPS) is 9.48. The maximum absolute atomic E-state index is 3.63. The fourth-order valence-corrected chi connectivity index (χ4v) is 5.54. The molecule has 0 bridgehead atoms. The summed E-state index contributed by atoms with van der Waals surface area (Å²) in [7, 11) is 0. The van der Waals surface area contributed by atoms with E-state index in [0.717, 1.165) is 28.9 Å². The first-order valence-electron chi connectivity index (χ1n) is 6.86. The number of benzene rings is 2. The molecule has 0 saturated heterocycles. The summed E-state index contributed by atoms with van der Waals surface area (Å²) in [4.78, 5) is 0. The van der Waals surface area contributed by atoms with Crippen LogP contribution in [0, 0.1) is 23.7 Å². The second kappa shape index (κ2) is 7.87. The third-order valence-electron chi connectivity index (χ3n) is 2.98. The Morgan fingerprint density at radius 3 is 1.35 bits per heavy atom. The molecule has 0 atom stereocenters. The van der Waals surface area contributed by atoms with E-state index in [1.807, 2.05) is 60.7 Å². The van der Waals surface area contributed by atoms with E-state index in [0.29, 0.717) is 0 Å². The minimum atomic E-state index is 0.126. The number of rotatable bonds is 0. The van der Waals surface area contributed by atoms with Crippen LogP contribution in [0.4, 0.5) is 0 Å². The van der Waals surface area contributed by atoms with E-state index in [9.17, 15) is 0 Å². The summed E-state index contributed by atoms with van der Waals surface area (Å²) in [5, 5.41) is 0. The molecule has 0 fully saturated rings. The maximum atomic E-state index is 3.63. The van der Waals surface area contributed by atoms with Crippen LogP contribution in [0.15, 0.2) is 69.6 Å². The first-order valence-corrected chi connectivity index (χ1v) is 10.2. The van der Waals surface area contributed by atoms with Crippen LogP contribution in [0.2, 0.25) is 0 Å². The zero-order valence-corrected chi connectivity index (χ0v) is 16.8. The summed E-state index contributed by atoms with van der Waals surface area (Å²) in [6.45, 7) is 0. The van der Waals surface area contributed by atoms with Gasteiger partial charge in [0, 0.05) is 0 Å². The van der Waals surface area contributed by atoms with Crippen molar-refractivity contribution in [2.45, 2.75) is 0 Å². The van der Waals surface area contributed by atoms with E-state index in [2.05, 4.69) is 55.5 Å². The molecule has 3 heteroatoms. The van der Waals surface area contributed by atoms with Gasteiger partial charge in [-0.1, -0.05) is 0 Å². The monoisotopic (exact) mass is 488 g/mol. The molecule has 0 amide bonds. The number of hydrogen-bond donors (Lipinski definition) is 0. The third-order valence-corrected chi connectivity index (χ3v) is 8.42. The van der Waals surface area contributed by atoms with Crippen molar-refractivity contribution in [3.63, 3.8) is 0 Å². The predicted octanol–water partition coefficient (Wildman–Crippen LogP) is 5.07. The Bertz CT molecular complexity index is 856. The van der Waals surface area contributed by atoms with Gasteiger partial charge in [0.1, 0.15) is 0 Å². The van der Waals surface area contributed by atoms with E-state index in [-0.39, 0.29) is 14.5 Å². The molecule has 23 heavy (non-hydrogen) atoms. The van der Waals surface area contributed by atoms with Crippen molar-refractivity contribution in [1.82, 2.24) is 0 Å². The van der Waals surface area contributed by atoms with Crippen LogP contribution >= 0.6 is 31.9 Å². The van der Waals surface area contributed by atoms with Gasteiger partial charge in [0.25, 0.3) is 0 Å². The second-order valence-electron chi connectivity index (χ2n) is 4.62. The van der Waals surface area contributed by atoms with E-state index < -0.39 is 0 Å². The zero-order chi connectivity index (χ0) is 16.1. The van der Waals surface area contributed by atoms with Crippen LogP contribution < -0.4 is 0 Å². The Balaban J connectivity index is 1.91. The molecule has 0 saturated carbocycles. The van der Waals surface area contributed by atoms with Crippen LogP contribution in [-0.2, 0) is 0 Å². The molecule has 0 aliphatic rings. The first-order chi connectivity index (χ1) is 11.2. The van der Waals surface area contributed by atoms with Crippen molar-refractivity contribution in [2.24, 2.45) is 0 Å². The van der Waals surface area contributed by atoms with Crippen molar-refractivity contribution < 1.29 is 0 Å². The molecule has 3 aromatic rings. The summed E-state index contributed by atoms with van der Waals surface area (Å²) in [6.07, 6.45) is 0. The molecule has 0 radical (unpaired) electrons. The molecule has 1 aromatic heterocycles. The van der Waals surface area contributed by atoms with E-state index >= 15 is 0 Å². The molecule has 3 rings (SSSR count). The van der Waals surface area contributed by atoms with Crippen LogP contribution in [0.1, 0.15) is 20.0 Å². The molecular formula is C20H10Br2Se. The Labute approximate surface area is 158 Å². The van der Waals surface area contributed by atoms with Gasteiger partial charge in [-0.25, -0.2) is 0 Å². The van der Waals surface area contributed by atoms with Crippen molar-refractivity contribution in [3.05, 3.63) is 89.6 Å². The van der Waals surface area contributed by atoms with Gasteiger partial charge in [0.15, 0.2) is 0 Å². The summed E-state index contributed by atoms with van der Waals surface area (Å²) in [5.74, 6) is 13.0. The molecule has 1 heterocycles. The molecule has 0 unspecified atom stereocenters. The summed E-state index contributed by atoms with van der Waals surface area (Å²) < 4.78 is 4.28.